The van der Waals surface area contributed by atoms with E-state index >= 15 is 0 Å². The lowest BCUT2D eigenvalue weighted by Crippen LogP contribution is -2.02. The van der Waals surface area contributed by atoms with Crippen LogP contribution in [0.4, 0.5) is 4.39 Å². The van der Waals surface area contributed by atoms with Crippen molar-refractivity contribution < 1.29 is 14.1 Å². The Morgan fingerprint density at radius 1 is 1.73 bits per heavy atom. The fourth-order valence-corrected chi connectivity index (χ4v) is 0.705. The Morgan fingerprint density at radius 2 is 2.45 bits per heavy atom. The van der Waals surface area contributed by atoms with Crippen LogP contribution in [0.25, 0.3) is 0 Å². The highest BCUT2D eigenvalue weighted by molar-refractivity contribution is 6.17. The number of pyridine rings is 1. The molecule has 3 nitrogen and oxygen atoms in total. The van der Waals surface area contributed by atoms with Gasteiger partial charge < -0.3 is 9.68 Å². The second kappa shape index (κ2) is 3.34. The van der Waals surface area contributed by atoms with Gasteiger partial charge in [0.15, 0.2) is 0 Å². The number of rotatable bonds is 2. The minimum atomic E-state index is -0.473. The summed E-state index contributed by atoms with van der Waals surface area (Å²) in [4.78, 5) is 3.69. The van der Waals surface area contributed by atoms with Gasteiger partial charge in [-0.3, -0.25) is 4.98 Å². The second-order valence-corrected chi connectivity index (χ2v) is 2.01. The number of nitrogens with zero attached hydrogens (tertiary/aromatic N) is 1. The maximum Gasteiger partial charge on any atom is 0.504 e. The second-order valence-electron chi connectivity index (χ2n) is 2.01. The van der Waals surface area contributed by atoms with Gasteiger partial charge in [0.2, 0.25) is 0 Å². The molecular formula is C6H7BFNO2. The van der Waals surface area contributed by atoms with Crippen molar-refractivity contribution >= 4 is 7.69 Å². The summed E-state index contributed by atoms with van der Waals surface area (Å²) in [5.41, 5.74) is 0.556. The molecule has 0 spiro atoms. The van der Waals surface area contributed by atoms with E-state index < -0.39 is 13.5 Å². The van der Waals surface area contributed by atoms with Gasteiger partial charge in [0.25, 0.3) is 0 Å². The Morgan fingerprint density at radius 3 is 3.09 bits per heavy atom. The van der Waals surface area contributed by atoms with E-state index in [9.17, 15) is 4.39 Å². The van der Waals surface area contributed by atoms with E-state index in [1.807, 2.05) is 0 Å². The summed E-state index contributed by atoms with van der Waals surface area (Å²) in [6.07, 6.45) is 1.10. The molecule has 0 atom stereocenters. The van der Waals surface area contributed by atoms with Gasteiger partial charge in [-0.15, -0.1) is 0 Å². The Bertz CT molecular complexity index is 256. The molecule has 0 aliphatic rings. The topological polar surface area (TPSA) is 42.4 Å². The fourth-order valence-electron chi connectivity index (χ4n) is 0.705. The van der Waals surface area contributed by atoms with Crippen LogP contribution >= 0.6 is 0 Å². The summed E-state index contributed by atoms with van der Waals surface area (Å²) >= 11 is 0. The van der Waals surface area contributed by atoms with E-state index in [-0.39, 0.29) is 5.75 Å². The molecule has 0 radical (unpaired) electrons. The summed E-state index contributed by atoms with van der Waals surface area (Å²) < 4.78 is 17.1. The van der Waals surface area contributed by atoms with Crippen molar-refractivity contribution in [3.8, 4) is 5.75 Å². The number of hydrogen-bond acceptors (Lipinski definition) is 3. The summed E-state index contributed by atoms with van der Waals surface area (Å²) in [5, 5.41) is 8.36. The summed E-state index contributed by atoms with van der Waals surface area (Å²) in [5.74, 6) is -0.202. The highest BCUT2D eigenvalue weighted by Gasteiger charge is 2.01. The van der Waals surface area contributed by atoms with Crippen molar-refractivity contribution in [3.63, 3.8) is 0 Å². The van der Waals surface area contributed by atoms with Crippen LogP contribution in [0.1, 0.15) is 5.69 Å². The predicted octanol–water partition coefficient (Wildman–Crippen LogP) is 0.167. The highest BCUT2D eigenvalue weighted by Crippen LogP contribution is 2.14. The van der Waals surface area contributed by atoms with Crippen molar-refractivity contribution in [3.05, 3.63) is 23.8 Å². The quantitative estimate of drug-likeness (QED) is 0.618. The standard InChI is InChI=1S/C6H7BFNO2/c1-4-6(11-7-10)2-5(8)3-9-4/h2-3,7,10H,1H3. The fraction of sp³-hybridized carbons (Fsp3) is 0.167. The van der Waals surface area contributed by atoms with Crippen LogP contribution in [0.3, 0.4) is 0 Å². The molecule has 1 rings (SSSR count). The van der Waals surface area contributed by atoms with Gasteiger partial charge in [-0.25, -0.2) is 4.39 Å². The molecule has 1 aromatic heterocycles. The van der Waals surface area contributed by atoms with Gasteiger partial charge in [0.1, 0.15) is 11.6 Å². The maximum absolute atomic E-state index is 12.4. The number of aromatic nitrogens is 1. The average molecular weight is 155 g/mol. The van der Waals surface area contributed by atoms with Crippen molar-refractivity contribution in [1.29, 1.82) is 0 Å². The van der Waals surface area contributed by atoms with E-state index in [2.05, 4.69) is 9.64 Å². The molecule has 0 amide bonds. The largest absolute Gasteiger partial charge is 0.537 e. The third-order valence-electron chi connectivity index (χ3n) is 1.23. The van der Waals surface area contributed by atoms with Crippen LogP contribution in [-0.2, 0) is 0 Å². The molecule has 0 aliphatic carbocycles. The summed E-state index contributed by atoms with van der Waals surface area (Å²) in [6.45, 7) is 1.67. The van der Waals surface area contributed by atoms with Crippen molar-refractivity contribution in [2.24, 2.45) is 0 Å². The Kier molecular flexibility index (Phi) is 2.43. The lowest BCUT2D eigenvalue weighted by molar-refractivity contribution is 0.447. The Hall–Kier alpha value is -1.10. The van der Waals surface area contributed by atoms with Crippen LogP contribution < -0.4 is 4.65 Å². The van der Waals surface area contributed by atoms with E-state index in [0.29, 0.717) is 5.69 Å². The van der Waals surface area contributed by atoms with Crippen LogP contribution in [-0.4, -0.2) is 17.7 Å². The first kappa shape index (κ1) is 8.01. The maximum atomic E-state index is 12.4. The molecule has 1 aromatic rings. The van der Waals surface area contributed by atoms with Gasteiger partial charge in [0.05, 0.1) is 11.9 Å². The molecule has 0 saturated carbocycles. The molecule has 1 N–H and O–H groups in total. The van der Waals surface area contributed by atoms with Crippen LogP contribution in [0.15, 0.2) is 12.3 Å². The first-order valence-corrected chi connectivity index (χ1v) is 3.10. The van der Waals surface area contributed by atoms with Crippen LogP contribution in [0, 0.1) is 12.7 Å². The van der Waals surface area contributed by atoms with Crippen molar-refractivity contribution in [2.75, 3.05) is 0 Å². The molecule has 0 bridgehead atoms. The molecule has 0 aromatic carbocycles. The normalized spacial score (nSPS) is 9.36. The lowest BCUT2D eigenvalue weighted by Gasteiger charge is -2.03. The smallest absolute Gasteiger partial charge is 0.504 e. The SMILES string of the molecule is Cc1ncc(F)cc1OBO. The molecule has 0 fully saturated rings. The summed E-state index contributed by atoms with van der Waals surface area (Å²) in [6, 6.07) is 1.18. The molecule has 11 heavy (non-hydrogen) atoms. The van der Waals surface area contributed by atoms with E-state index in [1.54, 1.807) is 6.92 Å². The molecule has 58 valence electrons. The Balaban J connectivity index is 2.93. The molecule has 0 unspecified atom stereocenters. The third kappa shape index (κ3) is 1.91. The van der Waals surface area contributed by atoms with Gasteiger partial charge in [-0.1, -0.05) is 0 Å². The van der Waals surface area contributed by atoms with Crippen LogP contribution in [0.2, 0.25) is 0 Å². The van der Waals surface area contributed by atoms with Gasteiger partial charge in [-0.2, -0.15) is 0 Å². The molecule has 0 aliphatic heterocycles. The first-order valence-electron chi connectivity index (χ1n) is 3.10. The Labute approximate surface area is 64.1 Å². The number of hydrogen-bond donors (Lipinski definition) is 1. The predicted molar refractivity (Wildman–Crippen MR) is 38.9 cm³/mol. The lowest BCUT2D eigenvalue weighted by atomic mass is 10.3. The zero-order valence-corrected chi connectivity index (χ0v) is 6.04. The zero-order chi connectivity index (χ0) is 8.27. The summed E-state index contributed by atoms with van der Waals surface area (Å²) in [7, 11) is -0.466. The van der Waals surface area contributed by atoms with E-state index in [0.717, 1.165) is 6.20 Å². The highest BCUT2D eigenvalue weighted by atomic mass is 19.1. The minimum absolute atomic E-state index is 0.271. The molecule has 5 heteroatoms. The van der Waals surface area contributed by atoms with Gasteiger partial charge in [-0.05, 0) is 6.92 Å². The third-order valence-corrected chi connectivity index (χ3v) is 1.23. The number of aryl methyl sites for hydroxylation is 1. The first-order chi connectivity index (χ1) is 5.24. The minimum Gasteiger partial charge on any atom is -0.537 e. The molecular weight excluding hydrogens is 148 g/mol. The van der Waals surface area contributed by atoms with Crippen molar-refractivity contribution in [1.82, 2.24) is 4.98 Å². The van der Waals surface area contributed by atoms with Crippen molar-refractivity contribution in [2.45, 2.75) is 6.92 Å². The van der Waals surface area contributed by atoms with Gasteiger partial charge >= 0.3 is 7.69 Å². The monoisotopic (exact) mass is 155 g/mol. The zero-order valence-electron chi connectivity index (χ0n) is 6.04. The van der Waals surface area contributed by atoms with Crippen LogP contribution in [0.5, 0.6) is 5.75 Å². The molecule has 1 heterocycles. The average Bonchev–Trinajstić information content (AvgIpc) is 1.98. The molecule has 0 saturated heterocycles. The van der Waals surface area contributed by atoms with E-state index in [4.69, 9.17) is 5.02 Å². The van der Waals surface area contributed by atoms with E-state index in [1.165, 1.54) is 6.07 Å². The number of halogens is 1. The van der Waals surface area contributed by atoms with Gasteiger partial charge in [0, 0.05) is 6.07 Å².